The van der Waals surface area contributed by atoms with E-state index in [9.17, 15) is 9.90 Å². The summed E-state index contributed by atoms with van der Waals surface area (Å²) in [6.07, 6.45) is 5.68. The van der Waals surface area contributed by atoms with Gasteiger partial charge in [0.25, 0.3) is 9.70 Å². The predicted molar refractivity (Wildman–Crippen MR) is 177 cm³/mol. The van der Waals surface area contributed by atoms with Gasteiger partial charge in [-0.2, -0.15) is 0 Å². The number of benzene rings is 3. The Labute approximate surface area is 275 Å². The fourth-order valence-corrected chi connectivity index (χ4v) is 6.33. The number of ether oxygens (including phenoxy) is 2. The average Bonchev–Trinajstić information content (AvgIpc) is 3.02. The molecule has 3 aromatic rings. The summed E-state index contributed by atoms with van der Waals surface area (Å²) in [5.74, 6) is -0.523. The number of hydrogen-bond acceptors (Lipinski definition) is 5. The second-order valence-electron chi connectivity index (χ2n) is 11.8. The molecule has 236 valence electrons. The number of amides is 1. The quantitative estimate of drug-likeness (QED) is 0.241. The van der Waals surface area contributed by atoms with Crippen LogP contribution >= 0.6 is 34.8 Å². The minimum atomic E-state index is -2.02. The number of alkyl halides is 3. The average molecular weight is 660 g/mol. The molecule has 4 atom stereocenters. The molecule has 0 aromatic heterocycles. The lowest BCUT2D eigenvalue weighted by atomic mass is 9.89. The van der Waals surface area contributed by atoms with Crippen molar-refractivity contribution in [1.29, 1.82) is 0 Å². The second-order valence-corrected chi connectivity index (χ2v) is 14.1. The molecule has 0 radical (unpaired) electrons. The van der Waals surface area contributed by atoms with E-state index in [0.29, 0.717) is 0 Å². The molecule has 2 heterocycles. The van der Waals surface area contributed by atoms with Crippen LogP contribution in [-0.4, -0.2) is 45.4 Å². The summed E-state index contributed by atoms with van der Waals surface area (Å²) < 4.78 is 11.4. The smallest absolute Gasteiger partial charge is 0.272 e. The number of halogens is 3. The molecule has 2 aliphatic heterocycles. The first-order valence-corrected chi connectivity index (χ1v) is 16.6. The van der Waals surface area contributed by atoms with Crippen LogP contribution in [0.3, 0.4) is 0 Å². The van der Waals surface area contributed by atoms with Gasteiger partial charge in [0, 0.05) is 24.6 Å². The van der Waals surface area contributed by atoms with Crippen molar-refractivity contribution in [3.63, 3.8) is 0 Å². The van der Waals surface area contributed by atoms with Gasteiger partial charge >= 0.3 is 0 Å². The third-order valence-corrected chi connectivity index (χ3v) is 9.23. The van der Waals surface area contributed by atoms with Crippen LogP contribution in [0.25, 0.3) is 11.1 Å². The number of likely N-dealkylation sites (tertiary alicyclic amines) is 1. The van der Waals surface area contributed by atoms with Gasteiger partial charge < -0.3 is 24.8 Å². The standard InChI is InChI=1S/C35H41Cl3N2O4/c1-24-31(22-40-19-7-3-2-4-8-20-40)43-33(44-32(24)27-13-11-25(23-41)12-14-27)28-17-15-26(16-18-28)30-10-6-5-9-29(30)21-39-34(42)35(36,37)38/h5-6,9-18,24,31-33,41H,2-4,7-8,19-23H2,1H3,(H,39,42). The van der Waals surface area contributed by atoms with Gasteiger partial charge in [0.15, 0.2) is 6.29 Å². The Morgan fingerprint density at radius 3 is 2.18 bits per heavy atom. The van der Waals surface area contributed by atoms with Crippen molar-refractivity contribution >= 4 is 40.7 Å². The zero-order valence-electron chi connectivity index (χ0n) is 25.1. The molecular weight excluding hydrogens is 619 g/mol. The lowest BCUT2D eigenvalue weighted by molar-refractivity contribution is -0.276. The Balaban J connectivity index is 1.37. The van der Waals surface area contributed by atoms with Crippen LogP contribution in [0, 0.1) is 5.92 Å². The van der Waals surface area contributed by atoms with Gasteiger partial charge in [0.1, 0.15) is 0 Å². The molecule has 2 fully saturated rings. The van der Waals surface area contributed by atoms with E-state index >= 15 is 0 Å². The summed E-state index contributed by atoms with van der Waals surface area (Å²) in [5.41, 5.74) is 5.77. The van der Waals surface area contributed by atoms with E-state index in [2.05, 4.69) is 29.3 Å². The summed E-state index contributed by atoms with van der Waals surface area (Å²) in [6, 6.07) is 24.1. The summed E-state index contributed by atoms with van der Waals surface area (Å²) >= 11 is 17.2. The van der Waals surface area contributed by atoms with Gasteiger partial charge in [-0.25, -0.2) is 0 Å². The van der Waals surface area contributed by atoms with Crippen molar-refractivity contribution in [3.05, 3.63) is 95.1 Å². The van der Waals surface area contributed by atoms with Crippen molar-refractivity contribution in [2.45, 2.75) is 74.5 Å². The summed E-state index contributed by atoms with van der Waals surface area (Å²) in [4.78, 5) is 14.7. The summed E-state index contributed by atoms with van der Waals surface area (Å²) in [5, 5.41) is 12.3. The maximum atomic E-state index is 12.1. The zero-order chi connectivity index (χ0) is 31.1. The monoisotopic (exact) mass is 658 g/mol. The van der Waals surface area contributed by atoms with Crippen molar-refractivity contribution in [2.75, 3.05) is 19.6 Å². The van der Waals surface area contributed by atoms with Crippen molar-refractivity contribution in [3.8, 4) is 11.1 Å². The van der Waals surface area contributed by atoms with Gasteiger partial charge in [-0.1, -0.05) is 134 Å². The summed E-state index contributed by atoms with van der Waals surface area (Å²) in [7, 11) is 0. The highest BCUT2D eigenvalue weighted by atomic mass is 35.6. The highest BCUT2D eigenvalue weighted by Gasteiger charge is 2.39. The van der Waals surface area contributed by atoms with E-state index in [1.807, 2.05) is 60.7 Å². The minimum absolute atomic E-state index is 0.00220. The lowest BCUT2D eigenvalue weighted by Crippen LogP contribution is -2.45. The number of hydrogen-bond donors (Lipinski definition) is 2. The van der Waals surface area contributed by atoms with E-state index in [0.717, 1.165) is 53.0 Å². The first-order valence-electron chi connectivity index (χ1n) is 15.5. The highest BCUT2D eigenvalue weighted by molar-refractivity contribution is 6.76. The molecule has 2 aliphatic rings. The fraction of sp³-hybridized carbons (Fsp3) is 0.457. The van der Waals surface area contributed by atoms with Crippen LogP contribution in [0.4, 0.5) is 0 Å². The maximum Gasteiger partial charge on any atom is 0.272 e. The highest BCUT2D eigenvalue weighted by Crippen LogP contribution is 2.42. The number of carbonyl (C=O) groups excluding carboxylic acids is 1. The zero-order valence-corrected chi connectivity index (χ0v) is 27.3. The van der Waals surface area contributed by atoms with Crippen molar-refractivity contribution < 1.29 is 19.4 Å². The van der Waals surface area contributed by atoms with Crippen LogP contribution in [-0.2, 0) is 27.4 Å². The number of aliphatic hydroxyl groups excluding tert-OH is 1. The van der Waals surface area contributed by atoms with E-state index in [1.165, 1.54) is 32.1 Å². The van der Waals surface area contributed by atoms with E-state index in [1.54, 1.807) is 0 Å². The van der Waals surface area contributed by atoms with Crippen molar-refractivity contribution in [2.24, 2.45) is 5.92 Å². The third-order valence-electron chi connectivity index (χ3n) is 8.72. The SMILES string of the molecule is CC1C(CN2CCCCCCC2)OC(c2ccc(-c3ccccc3CNC(=O)C(Cl)(Cl)Cl)cc2)OC1c1ccc(CO)cc1. The molecular formula is C35H41Cl3N2O4. The van der Waals surface area contributed by atoms with Crippen LogP contribution in [0.15, 0.2) is 72.8 Å². The van der Waals surface area contributed by atoms with E-state index in [-0.39, 0.29) is 31.3 Å². The van der Waals surface area contributed by atoms with Gasteiger partial charge in [-0.15, -0.1) is 0 Å². The number of rotatable bonds is 8. The van der Waals surface area contributed by atoms with Gasteiger partial charge in [-0.05, 0) is 53.7 Å². The lowest BCUT2D eigenvalue weighted by Gasteiger charge is -2.43. The van der Waals surface area contributed by atoms with Gasteiger partial charge in [0.05, 0.1) is 18.8 Å². The molecule has 0 aliphatic carbocycles. The van der Waals surface area contributed by atoms with Crippen LogP contribution in [0.2, 0.25) is 0 Å². The minimum Gasteiger partial charge on any atom is -0.392 e. The van der Waals surface area contributed by atoms with Crippen LogP contribution in [0.1, 0.15) is 73.7 Å². The molecule has 44 heavy (non-hydrogen) atoms. The molecule has 3 aromatic carbocycles. The van der Waals surface area contributed by atoms with Gasteiger partial charge in [-0.3, -0.25) is 4.79 Å². The van der Waals surface area contributed by atoms with Gasteiger partial charge in [0.2, 0.25) is 0 Å². The maximum absolute atomic E-state index is 12.1. The largest absolute Gasteiger partial charge is 0.392 e. The first kappa shape index (κ1) is 33.2. The molecule has 0 saturated carbocycles. The number of nitrogens with one attached hydrogen (secondary N) is 1. The van der Waals surface area contributed by atoms with Crippen LogP contribution < -0.4 is 5.32 Å². The summed E-state index contributed by atoms with van der Waals surface area (Å²) in [6.45, 7) is 5.54. The molecule has 0 bridgehead atoms. The first-order chi connectivity index (χ1) is 21.2. The Bertz CT molecular complexity index is 1360. The Hall–Kier alpha value is -2.16. The Morgan fingerprint density at radius 1 is 0.886 bits per heavy atom. The molecule has 9 heteroatoms. The fourth-order valence-electron chi connectivity index (χ4n) is 6.13. The van der Waals surface area contributed by atoms with E-state index in [4.69, 9.17) is 44.3 Å². The third kappa shape index (κ3) is 8.55. The molecule has 5 rings (SSSR count). The number of aliphatic hydroxyl groups is 1. The molecule has 2 saturated heterocycles. The number of nitrogens with zero attached hydrogens (tertiary/aromatic N) is 1. The van der Waals surface area contributed by atoms with E-state index < -0.39 is 16.0 Å². The Kier molecular flexibility index (Phi) is 11.6. The second kappa shape index (κ2) is 15.4. The van der Waals surface area contributed by atoms with Crippen LogP contribution in [0.5, 0.6) is 0 Å². The Morgan fingerprint density at radius 2 is 1.52 bits per heavy atom. The molecule has 6 nitrogen and oxygen atoms in total. The molecule has 1 amide bonds. The molecule has 0 spiro atoms. The molecule has 4 unspecified atom stereocenters. The topological polar surface area (TPSA) is 71.0 Å². The molecule has 2 N–H and O–H groups in total. The number of carbonyl (C=O) groups is 1. The normalized spacial score (nSPS) is 23.5. The van der Waals surface area contributed by atoms with Crippen molar-refractivity contribution in [1.82, 2.24) is 10.2 Å². The predicted octanol–water partition coefficient (Wildman–Crippen LogP) is 7.89.